The minimum Gasteiger partial charge on any atom is -0.497 e. The van der Waals surface area contributed by atoms with Gasteiger partial charge in [0.25, 0.3) is 0 Å². The van der Waals surface area contributed by atoms with E-state index in [-0.39, 0.29) is 12.3 Å². The number of carbonyl (C=O) groups excluding carboxylic acids is 1. The Morgan fingerprint density at radius 3 is 2.35 bits per heavy atom. The smallest absolute Gasteiger partial charge is 0.331 e. The molecule has 192 valence electrons. The van der Waals surface area contributed by atoms with Crippen molar-refractivity contribution in [1.29, 1.82) is 0 Å². The number of carboxylic acid groups (broad SMARTS) is 1. The zero-order valence-corrected chi connectivity index (χ0v) is 21.8. The number of carbonyl (C=O) groups is 2. The van der Waals surface area contributed by atoms with Gasteiger partial charge in [-0.3, -0.25) is 9.69 Å². The summed E-state index contributed by atoms with van der Waals surface area (Å²) in [5.41, 5.74) is 2.88. The number of hydrogen-bond donors (Lipinski definition) is 1. The van der Waals surface area contributed by atoms with Crippen LogP contribution in [-0.2, 0) is 22.6 Å². The molecule has 3 aromatic carbocycles. The van der Waals surface area contributed by atoms with Crippen molar-refractivity contribution >= 4 is 40.1 Å². The summed E-state index contributed by atoms with van der Waals surface area (Å²) in [4.78, 5) is 27.9. The maximum absolute atomic E-state index is 14.0. The molecule has 0 radical (unpaired) electrons. The summed E-state index contributed by atoms with van der Waals surface area (Å²) in [6.45, 7) is 3.04. The van der Waals surface area contributed by atoms with Gasteiger partial charge in [0.15, 0.2) is 6.04 Å². The van der Waals surface area contributed by atoms with Gasteiger partial charge in [0, 0.05) is 34.4 Å². The minimum absolute atomic E-state index is 0.0602. The van der Waals surface area contributed by atoms with Gasteiger partial charge < -0.3 is 14.4 Å². The summed E-state index contributed by atoms with van der Waals surface area (Å²) in [5, 5.41) is 11.8. The summed E-state index contributed by atoms with van der Waals surface area (Å²) in [6.07, 6.45) is 5.40. The predicted molar refractivity (Wildman–Crippen MR) is 147 cm³/mol. The number of aryl methyl sites for hydroxylation is 1. The highest BCUT2D eigenvalue weighted by Gasteiger charge is 2.33. The van der Waals surface area contributed by atoms with Crippen molar-refractivity contribution in [3.63, 3.8) is 0 Å². The van der Waals surface area contributed by atoms with Crippen LogP contribution in [0, 0.1) is 0 Å². The quantitative estimate of drug-likeness (QED) is 0.219. The minimum atomic E-state index is -1.23. The molecule has 0 bridgehead atoms. The zero-order chi connectivity index (χ0) is 26.4. The van der Waals surface area contributed by atoms with Crippen molar-refractivity contribution in [3.8, 4) is 5.75 Å². The number of fused-ring (bicyclic) bond motifs is 1. The van der Waals surface area contributed by atoms with Gasteiger partial charge in [-0.1, -0.05) is 61.7 Å². The lowest BCUT2D eigenvalue weighted by Gasteiger charge is -2.30. The number of aromatic nitrogens is 1. The van der Waals surface area contributed by atoms with E-state index >= 15 is 0 Å². The van der Waals surface area contributed by atoms with Gasteiger partial charge in [0.05, 0.1) is 13.5 Å². The van der Waals surface area contributed by atoms with Crippen molar-refractivity contribution in [2.24, 2.45) is 0 Å². The van der Waals surface area contributed by atoms with Gasteiger partial charge in [0.2, 0.25) is 5.91 Å². The van der Waals surface area contributed by atoms with E-state index in [0.29, 0.717) is 22.0 Å². The number of aliphatic carboxylic acids is 1. The molecule has 0 aliphatic heterocycles. The first kappa shape index (κ1) is 26.3. The highest BCUT2D eigenvalue weighted by atomic mass is 35.5. The van der Waals surface area contributed by atoms with Crippen LogP contribution in [0.2, 0.25) is 5.02 Å². The van der Waals surface area contributed by atoms with Gasteiger partial charge in [-0.15, -0.1) is 0 Å². The van der Waals surface area contributed by atoms with Gasteiger partial charge >= 0.3 is 5.97 Å². The van der Waals surface area contributed by atoms with E-state index in [2.05, 4.69) is 17.6 Å². The summed E-state index contributed by atoms with van der Waals surface area (Å²) >= 11 is 6.05. The second kappa shape index (κ2) is 12.0. The molecular formula is C30H31ClN2O4. The molecule has 0 aliphatic rings. The molecule has 0 saturated carbocycles. The van der Waals surface area contributed by atoms with Crippen LogP contribution in [0.15, 0.2) is 79.0 Å². The van der Waals surface area contributed by atoms with Crippen molar-refractivity contribution in [1.82, 2.24) is 4.57 Å². The van der Waals surface area contributed by atoms with E-state index in [9.17, 15) is 14.7 Å². The number of ether oxygens (including phenoxy) is 1. The lowest BCUT2D eigenvalue weighted by atomic mass is 10.0. The molecule has 1 atom stereocenters. The second-order valence-corrected chi connectivity index (χ2v) is 9.44. The molecule has 0 saturated heterocycles. The third kappa shape index (κ3) is 5.97. The molecule has 6 nitrogen and oxygen atoms in total. The number of rotatable bonds is 11. The lowest BCUT2D eigenvalue weighted by Crippen LogP contribution is -2.40. The van der Waals surface area contributed by atoms with E-state index in [1.54, 1.807) is 55.6 Å². The van der Waals surface area contributed by atoms with Crippen molar-refractivity contribution in [2.75, 3.05) is 12.0 Å². The third-order valence-electron chi connectivity index (χ3n) is 6.51. The highest BCUT2D eigenvalue weighted by molar-refractivity contribution is 6.30. The first-order chi connectivity index (χ1) is 17.9. The Kier molecular flexibility index (Phi) is 8.51. The Bertz CT molecular complexity index is 1360. The van der Waals surface area contributed by atoms with E-state index in [1.165, 1.54) is 4.90 Å². The van der Waals surface area contributed by atoms with Crippen LogP contribution in [0.25, 0.3) is 10.9 Å². The maximum atomic E-state index is 14.0. The summed E-state index contributed by atoms with van der Waals surface area (Å²) in [7, 11) is 1.56. The maximum Gasteiger partial charge on any atom is 0.331 e. The normalized spacial score (nSPS) is 11.9. The Hall–Kier alpha value is -3.77. The molecule has 0 spiro atoms. The molecule has 1 amide bonds. The van der Waals surface area contributed by atoms with E-state index in [4.69, 9.17) is 16.3 Å². The first-order valence-corrected chi connectivity index (χ1v) is 12.8. The second-order valence-electron chi connectivity index (χ2n) is 9.00. The molecular weight excluding hydrogens is 488 g/mol. The average molecular weight is 519 g/mol. The largest absolute Gasteiger partial charge is 0.497 e. The third-order valence-corrected chi connectivity index (χ3v) is 6.76. The Morgan fingerprint density at radius 1 is 1.00 bits per heavy atom. The molecule has 1 aromatic heterocycles. The SMILES string of the molecule is CCCCCn1cc(CC(=O)N(c2ccc(OC)cc2)C(C(=O)O)c2ccc(Cl)cc2)c2ccccc21. The van der Waals surface area contributed by atoms with E-state index in [0.717, 1.165) is 42.3 Å². The molecule has 0 fully saturated rings. The van der Waals surface area contributed by atoms with Crippen LogP contribution in [0.3, 0.4) is 0 Å². The summed E-state index contributed by atoms with van der Waals surface area (Å²) < 4.78 is 7.46. The number of para-hydroxylation sites is 1. The fourth-order valence-corrected chi connectivity index (χ4v) is 4.78. The predicted octanol–water partition coefficient (Wildman–Crippen LogP) is 6.90. The average Bonchev–Trinajstić information content (AvgIpc) is 3.25. The molecule has 37 heavy (non-hydrogen) atoms. The van der Waals surface area contributed by atoms with Crippen LogP contribution >= 0.6 is 11.6 Å². The van der Waals surface area contributed by atoms with Crippen LogP contribution in [0.1, 0.15) is 43.4 Å². The van der Waals surface area contributed by atoms with Crippen LogP contribution in [-0.4, -0.2) is 28.7 Å². The number of nitrogens with zero attached hydrogens (tertiary/aromatic N) is 2. The molecule has 1 unspecified atom stereocenters. The van der Waals surface area contributed by atoms with Crippen LogP contribution in [0.5, 0.6) is 5.75 Å². The highest BCUT2D eigenvalue weighted by Crippen LogP contribution is 2.32. The number of halogens is 1. The van der Waals surface area contributed by atoms with E-state index in [1.807, 2.05) is 24.4 Å². The zero-order valence-electron chi connectivity index (χ0n) is 21.1. The van der Waals surface area contributed by atoms with Crippen molar-refractivity contribution in [3.05, 3.63) is 95.1 Å². The standard InChI is InChI=1S/C30H31ClN2O4/c1-3-4-7-18-32-20-22(26-8-5-6-9-27(26)32)19-28(34)33(24-14-16-25(37-2)17-15-24)29(30(35)36)21-10-12-23(31)13-11-21/h5-6,8-17,20,29H,3-4,7,18-19H2,1-2H3,(H,35,36). The topological polar surface area (TPSA) is 71.8 Å². The van der Waals surface area contributed by atoms with Crippen LogP contribution in [0.4, 0.5) is 5.69 Å². The van der Waals surface area contributed by atoms with Gasteiger partial charge in [-0.05, 0) is 60.0 Å². The number of methoxy groups -OCH3 is 1. The van der Waals surface area contributed by atoms with Gasteiger partial charge in [-0.25, -0.2) is 4.79 Å². The first-order valence-electron chi connectivity index (χ1n) is 12.4. The Labute approximate surface area is 222 Å². The van der Waals surface area contributed by atoms with Gasteiger partial charge in [0.1, 0.15) is 5.75 Å². The summed E-state index contributed by atoms with van der Waals surface area (Å²) in [5.74, 6) is -0.831. The lowest BCUT2D eigenvalue weighted by molar-refractivity contribution is -0.140. The Balaban J connectivity index is 1.75. The Morgan fingerprint density at radius 2 is 1.70 bits per heavy atom. The van der Waals surface area contributed by atoms with Gasteiger partial charge in [-0.2, -0.15) is 0 Å². The molecule has 1 heterocycles. The number of hydrogen-bond acceptors (Lipinski definition) is 3. The monoisotopic (exact) mass is 518 g/mol. The van der Waals surface area contributed by atoms with Crippen molar-refractivity contribution < 1.29 is 19.4 Å². The van der Waals surface area contributed by atoms with Crippen LogP contribution < -0.4 is 9.64 Å². The molecule has 4 rings (SSSR count). The van der Waals surface area contributed by atoms with Crippen molar-refractivity contribution in [2.45, 2.75) is 45.2 Å². The summed E-state index contributed by atoms with van der Waals surface area (Å²) in [6, 6.07) is 20.2. The fraction of sp³-hybridized carbons (Fsp3) is 0.267. The number of anilines is 1. The molecule has 1 N–H and O–H groups in total. The number of benzene rings is 3. The van der Waals surface area contributed by atoms with E-state index < -0.39 is 12.0 Å². The molecule has 4 aromatic rings. The number of unbranched alkanes of at least 4 members (excludes halogenated alkanes) is 2. The molecule has 0 aliphatic carbocycles. The number of carboxylic acids is 1. The number of amides is 1. The molecule has 7 heteroatoms. The fourth-order valence-electron chi connectivity index (χ4n) is 4.66.